The van der Waals surface area contributed by atoms with Crippen molar-refractivity contribution in [3.8, 4) is 0 Å². The van der Waals surface area contributed by atoms with Gasteiger partial charge < -0.3 is 5.11 Å². The van der Waals surface area contributed by atoms with Gasteiger partial charge in [-0.1, -0.05) is 6.92 Å². The molecule has 0 aliphatic heterocycles. The first kappa shape index (κ1) is 12.3. The Morgan fingerprint density at radius 2 is 2.29 bits per heavy atom. The average Bonchev–Trinajstić information content (AvgIpc) is 2.89. The van der Waals surface area contributed by atoms with Gasteiger partial charge in [0.05, 0.1) is 6.10 Å². The molecule has 0 aliphatic carbocycles. The van der Waals surface area contributed by atoms with E-state index in [1.165, 1.54) is 4.88 Å². The molecule has 1 unspecified atom stereocenters. The number of aryl methyl sites for hydroxylation is 2. The molecule has 4 nitrogen and oxygen atoms in total. The summed E-state index contributed by atoms with van der Waals surface area (Å²) in [5.41, 5.74) is 0. The van der Waals surface area contributed by atoms with Crippen LogP contribution < -0.4 is 0 Å². The number of hydrogen-bond acceptors (Lipinski definition) is 4. The molecule has 2 aromatic heterocycles. The highest BCUT2D eigenvalue weighted by Gasteiger charge is 2.14. The highest BCUT2D eigenvalue weighted by Crippen LogP contribution is 2.24. The van der Waals surface area contributed by atoms with Gasteiger partial charge in [-0.3, -0.25) is 4.68 Å². The van der Waals surface area contributed by atoms with E-state index >= 15 is 0 Å². The highest BCUT2D eigenvalue weighted by atomic mass is 32.1. The van der Waals surface area contributed by atoms with Crippen LogP contribution in [0.4, 0.5) is 0 Å². The molecule has 92 valence electrons. The lowest BCUT2D eigenvalue weighted by molar-refractivity contribution is 0.177. The van der Waals surface area contributed by atoms with Crippen LogP contribution in [0.15, 0.2) is 18.5 Å². The minimum Gasteiger partial charge on any atom is -0.387 e. The predicted octanol–water partition coefficient (Wildman–Crippen LogP) is 2.33. The summed E-state index contributed by atoms with van der Waals surface area (Å²) >= 11 is 1.63. The van der Waals surface area contributed by atoms with E-state index in [1.807, 2.05) is 23.7 Å². The molecule has 0 saturated carbocycles. The molecule has 2 aromatic rings. The van der Waals surface area contributed by atoms with Gasteiger partial charge in [-0.05, 0) is 25.5 Å². The number of aliphatic hydroxyl groups is 1. The largest absolute Gasteiger partial charge is 0.387 e. The molecule has 0 fully saturated rings. The molecule has 1 atom stereocenters. The summed E-state index contributed by atoms with van der Waals surface area (Å²) in [5, 5.41) is 14.3. The first-order chi connectivity index (χ1) is 8.20. The number of rotatable bonds is 5. The smallest absolute Gasteiger partial charge is 0.138 e. The third-order valence-corrected chi connectivity index (χ3v) is 3.70. The molecule has 1 N–H and O–H groups in total. The molecule has 0 radical (unpaired) electrons. The number of aliphatic hydroxyl groups excluding tert-OH is 1. The van der Waals surface area contributed by atoms with Crippen LogP contribution in [0.25, 0.3) is 0 Å². The Hall–Kier alpha value is -1.20. The topological polar surface area (TPSA) is 50.9 Å². The van der Waals surface area contributed by atoms with Crippen LogP contribution in [0.5, 0.6) is 0 Å². The molecule has 2 heterocycles. The van der Waals surface area contributed by atoms with Crippen molar-refractivity contribution in [3.63, 3.8) is 0 Å². The lowest BCUT2D eigenvalue weighted by Crippen LogP contribution is -2.09. The zero-order valence-corrected chi connectivity index (χ0v) is 10.9. The van der Waals surface area contributed by atoms with Gasteiger partial charge in [-0.2, -0.15) is 5.10 Å². The normalized spacial score (nSPS) is 12.9. The summed E-state index contributed by atoms with van der Waals surface area (Å²) in [6, 6.07) is 4.01. The molecule has 0 spiro atoms. The molecule has 0 aliphatic rings. The van der Waals surface area contributed by atoms with Crippen molar-refractivity contribution in [2.24, 2.45) is 0 Å². The Bertz CT molecular complexity index is 478. The van der Waals surface area contributed by atoms with Gasteiger partial charge in [-0.25, -0.2) is 4.98 Å². The van der Waals surface area contributed by atoms with Crippen molar-refractivity contribution in [2.45, 2.75) is 39.3 Å². The SMILES string of the molecule is CCCn1ncnc1CC(O)c1ccc(C)s1. The maximum absolute atomic E-state index is 10.1. The molecule has 0 amide bonds. The predicted molar refractivity (Wildman–Crippen MR) is 68.0 cm³/mol. The highest BCUT2D eigenvalue weighted by molar-refractivity contribution is 7.12. The first-order valence-corrected chi connectivity index (χ1v) is 6.63. The van der Waals surface area contributed by atoms with Crippen LogP contribution in [0.3, 0.4) is 0 Å². The maximum Gasteiger partial charge on any atom is 0.138 e. The Kier molecular flexibility index (Phi) is 3.91. The average molecular weight is 251 g/mol. The summed E-state index contributed by atoms with van der Waals surface area (Å²) in [4.78, 5) is 6.41. The molecule has 0 bridgehead atoms. The third-order valence-electron chi connectivity index (χ3n) is 2.60. The summed E-state index contributed by atoms with van der Waals surface area (Å²) in [6.07, 6.45) is 2.62. The summed E-state index contributed by atoms with van der Waals surface area (Å²) in [6.45, 7) is 5.00. The Morgan fingerprint density at radius 3 is 2.94 bits per heavy atom. The third kappa shape index (κ3) is 2.92. The zero-order valence-electron chi connectivity index (χ0n) is 10.1. The van der Waals surface area contributed by atoms with Crippen molar-refractivity contribution in [3.05, 3.63) is 34.0 Å². The van der Waals surface area contributed by atoms with Gasteiger partial charge in [0.1, 0.15) is 12.2 Å². The number of nitrogens with zero attached hydrogens (tertiary/aromatic N) is 3. The lowest BCUT2D eigenvalue weighted by Gasteiger charge is -2.09. The van der Waals surface area contributed by atoms with Crippen LogP contribution >= 0.6 is 11.3 Å². The standard InChI is InChI=1S/C12H17N3OS/c1-3-6-15-12(13-8-14-15)7-10(16)11-5-4-9(2)17-11/h4-5,8,10,16H,3,6-7H2,1-2H3. The van der Waals surface area contributed by atoms with Gasteiger partial charge in [-0.15, -0.1) is 11.3 Å². The molecular weight excluding hydrogens is 234 g/mol. The van der Waals surface area contributed by atoms with Gasteiger partial charge >= 0.3 is 0 Å². The first-order valence-electron chi connectivity index (χ1n) is 5.81. The van der Waals surface area contributed by atoms with E-state index in [2.05, 4.69) is 17.0 Å². The van der Waals surface area contributed by atoms with E-state index < -0.39 is 6.10 Å². The fraction of sp³-hybridized carbons (Fsp3) is 0.500. The number of hydrogen-bond donors (Lipinski definition) is 1. The van der Waals surface area contributed by atoms with E-state index in [0.29, 0.717) is 6.42 Å². The molecule has 17 heavy (non-hydrogen) atoms. The number of thiophene rings is 1. The van der Waals surface area contributed by atoms with Gasteiger partial charge in [0.15, 0.2) is 0 Å². The Morgan fingerprint density at radius 1 is 1.47 bits per heavy atom. The number of aromatic nitrogens is 3. The molecule has 0 aromatic carbocycles. The molecule has 0 saturated heterocycles. The van der Waals surface area contributed by atoms with Crippen molar-refractivity contribution in [1.82, 2.24) is 14.8 Å². The summed E-state index contributed by atoms with van der Waals surface area (Å²) in [5.74, 6) is 0.852. The minimum atomic E-state index is -0.478. The van der Waals surface area contributed by atoms with Crippen LogP contribution in [0.1, 0.15) is 35.0 Å². The van der Waals surface area contributed by atoms with Crippen molar-refractivity contribution < 1.29 is 5.11 Å². The van der Waals surface area contributed by atoms with Crippen molar-refractivity contribution in [2.75, 3.05) is 0 Å². The van der Waals surface area contributed by atoms with Gasteiger partial charge in [0.2, 0.25) is 0 Å². The Balaban J connectivity index is 2.07. The van der Waals surface area contributed by atoms with Crippen LogP contribution in [0, 0.1) is 6.92 Å². The van der Waals surface area contributed by atoms with Crippen LogP contribution in [-0.4, -0.2) is 19.9 Å². The van der Waals surface area contributed by atoms with Gasteiger partial charge in [0, 0.05) is 22.7 Å². The zero-order chi connectivity index (χ0) is 12.3. The summed E-state index contributed by atoms with van der Waals surface area (Å²) < 4.78 is 1.86. The van der Waals surface area contributed by atoms with E-state index in [1.54, 1.807) is 17.7 Å². The van der Waals surface area contributed by atoms with Crippen molar-refractivity contribution >= 4 is 11.3 Å². The summed E-state index contributed by atoms with van der Waals surface area (Å²) in [7, 11) is 0. The molecule has 5 heteroatoms. The second-order valence-corrected chi connectivity index (χ2v) is 5.39. The second-order valence-electron chi connectivity index (χ2n) is 4.07. The quantitative estimate of drug-likeness (QED) is 0.887. The minimum absolute atomic E-state index is 0.478. The van der Waals surface area contributed by atoms with E-state index in [-0.39, 0.29) is 0 Å². The van der Waals surface area contributed by atoms with E-state index in [0.717, 1.165) is 23.7 Å². The fourth-order valence-corrected chi connectivity index (χ4v) is 2.61. The monoisotopic (exact) mass is 251 g/mol. The van der Waals surface area contributed by atoms with Crippen LogP contribution in [-0.2, 0) is 13.0 Å². The fourth-order valence-electron chi connectivity index (χ4n) is 1.75. The Labute approximate surface area is 105 Å². The second kappa shape index (κ2) is 5.42. The van der Waals surface area contributed by atoms with E-state index in [9.17, 15) is 5.11 Å². The molecular formula is C12H17N3OS. The van der Waals surface area contributed by atoms with Gasteiger partial charge in [0.25, 0.3) is 0 Å². The maximum atomic E-state index is 10.1. The van der Waals surface area contributed by atoms with Crippen molar-refractivity contribution in [1.29, 1.82) is 0 Å². The van der Waals surface area contributed by atoms with E-state index in [4.69, 9.17) is 0 Å². The van der Waals surface area contributed by atoms with Crippen LogP contribution in [0.2, 0.25) is 0 Å². The molecule has 2 rings (SSSR count). The lowest BCUT2D eigenvalue weighted by atomic mass is 10.2.